The molecule has 0 radical (unpaired) electrons. The van der Waals surface area contributed by atoms with E-state index in [2.05, 4.69) is 10.2 Å². The van der Waals surface area contributed by atoms with E-state index in [1.54, 1.807) is 6.07 Å². The number of hydrogen-bond acceptors (Lipinski definition) is 2. The van der Waals surface area contributed by atoms with Crippen molar-refractivity contribution in [1.29, 1.82) is 0 Å². The summed E-state index contributed by atoms with van der Waals surface area (Å²) in [5.41, 5.74) is 0.0868. The molecule has 0 heterocycles. The van der Waals surface area contributed by atoms with Crippen molar-refractivity contribution < 1.29 is 13.2 Å². The Bertz CT molecular complexity index is 402. The number of unbranched alkanes of at least 4 members (excludes halogenated alkanes) is 1. The van der Waals surface area contributed by atoms with Gasteiger partial charge in [0.25, 0.3) is 0 Å². The quantitative estimate of drug-likeness (QED) is 0.770. The summed E-state index contributed by atoms with van der Waals surface area (Å²) >= 11 is 0. The highest BCUT2D eigenvalue weighted by molar-refractivity contribution is 5.27. The van der Waals surface area contributed by atoms with E-state index in [0.717, 1.165) is 32.0 Å². The van der Waals surface area contributed by atoms with Gasteiger partial charge in [-0.1, -0.05) is 12.1 Å². The first-order chi connectivity index (χ1) is 9.30. The highest BCUT2D eigenvalue weighted by atomic mass is 19.4. The summed E-state index contributed by atoms with van der Waals surface area (Å²) in [5, 5.41) is 3.27. The molecule has 1 aromatic carbocycles. The van der Waals surface area contributed by atoms with Gasteiger partial charge in [-0.3, -0.25) is 0 Å². The Balaban J connectivity index is 2.45. The number of rotatable bonds is 7. The first kappa shape index (κ1) is 17.0. The molecule has 5 heteroatoms. The van der Waals surface area contributed by atoms with E-state index < -0.39 is 11.7 Å². The van der Waals surface area contributed by atoms with Crippen molar-refractivity contribution in [2.75, 3.05) is 27.2 Å². The fraction of sp³-hybridized carbons (Fsp3) is 0.600. The number of benzene rings is 1. The van der Waals surface area contributed by atoms with E-state index in [0.29, 0.717) is 5.56 Å². The van der Waals surface area contributed by atoms with Gasteiger partial charge in [0.05, 0.1) is 5.56 Å². The monoisotopic (exact) mass is 288 g/mol. The smallest absolute Gasteiger partial charge is 0.310 e. The Morgan fingerprint density at radius 1 is 1.20 bits per heavy atom. The van der Waals surface area contributed by atoms with Crippen LogP contribution < -0.4 is 5.32 Å². The third-order valence-electron chi connectivity index (χ3n) is 3.20. The lowest BCUT2D eigenvalue weighted by Gasteiger charge is -2.16. The van der Waals surface area contributed by atoms with E-state index in [9.17, 15) is 13.2 Å². The molecular formula is C15H23F3N2. The zero-order valence-electron chi connectivity index (χ0n) is 12.3. The number of nitrogens with zero attached hydrogens (tertiary/aromatic N) is 1. The fourth-order valence-corrected chi connectivity index (χ4v) is 1.97. The van der Waals surface area contributed by atoms with E-state index >= 15 is 0 Å². The molecular weight excluding hydrogens is 265 g/mol. The van der Waals surface area contributed by atoms with Crippen molar-refractivity contribution >= 4 is 0 Å². The van der Waals surface area contributed by atoms with Crippen LogP contribution in [0.25, 0.3) is 0 Å². The molecule has 1 aromatic rings. The van der Waals surface area contributed by atoms with Crippen LogP contribution in [0.5, 0.6) is 0 Å². The Morgan fingerprint density at radius 3 is 2.50 bits per heavy atom. The summed E-state index contributed by atoms with van der Waals surface area (Å²) < 4.78 is 37.9. The Kier molecular flexibility index (Phi) is 6.49. The molecule has 0 saturated heterocycles. The molecule has 0 saturated carbocycles. The Hall–Kier alpha value is -1.07. The van der Waals surface area contributed by atoms with Crippen LogP contribution in [0, 0.1) is 0 Å². The lowest BCUT2D eigenvalue weighted by molar-refractivity contribution is -0.137. The van der Waals surface area contributed by atoms with Gasteiger partial charge in [0.15, 0.2) is 0 Å². The zero-order valence-corrected chi connectivity index (χ0v) is 12.3. The number of alkyl halides is 3. The van der Waals surface area contributed by atoms with Gasteiger partial charge in [-0.2, -0.15) is 13.2 Å². The minimum absolute atomic E-state index is 0.0725. The molecule has 0 aliphatic rings. The second-order valence-corrected chi connectivity index (χ2v) is 5.31. The molecule has 0 amide bonds. The number of hydrogen-bond donors (Lipinski definition) is 1. The summed E-state index contributed by atoms with van der Waals surface area (Å²) in [4.78, 5) is 2.12. The van der Waals surface area contributed by atoms with Crippen molar-refractivity contribution in [3.8, 4) is 0 Å². The molecule has 1 N–H and O–H groups in total. The van der Waals surface area contributed by atoms with Crippen LogP contribution in [-0.4, -0.2) is 32.1 Å². The highest BCUT2D eigenvalue weighted by Crippen LogP contribution is 2.30. The molecule has 1 rings (SSSR count). The van der Waals surface area contributed by atoms with Crippen LogP contribution in [0.2, 0.25) is 0 Å². The van der Waals surface area contributed by atoms with Crippen LogP contribution in [0.1, 0.15) is 36.9 Å². The maximum atomic E-state index is 12.6. The topological polar surface area (TPSA) is 15.3 Å². The average molecular weight is 288 g/mol. The highest BCUT2D eigenvalue weighted by Gasteiger charge is 2.30. The van der Waals surface area contributed by atoms with Gasteiger partial charge in [0, 0.05) is 6.04 Å². The third-order valence-corrected chi connectivity index (χ3v) is 3.20. The van der Waals surface area contributed by atoms with E-state index in [1.165, 1.54) is 12.1 Å². The molecule has 1 unspecified atom stereocenters. The van der Waals surface area contributed by atoms with Crippen LogP contribution in [0.4, 0.5) is 13.2 Å². The second-order valence-electron chi connectivity index (χ2n) is 5.31. The molecule has 2 nitrogen and oxygen atoms in total. The molecule has 0 aliphatic carbocycles. The molecule has 114 valence electrons. The maximum Gasteiger partial charge on any atom is 0.416 e. The molecule has 20 heavy (non-hydrogen) atoms. The van der Waals surface area contributed by atoms with Gasteiger partial charge < -0.3 is 10.2 Å². The van der Waals surface area contributed by atoms with E-state index in [-0.39, 0.29) is 6.04 Å². The summed E-state index contributed by atoms with van der Waals surface area (Å²) in [6.45, 7) is 3.73. The number of halogens is 3. The van der Waals surface area contributed by atoms with Gasteiger partial charge in [-0.25, -0.2) is 0 Å². The summed E-state index contributed by atoms with van der Waals surface area (Å²) in [5.74, 6) is 0. The summed E-state index contributed by atoms with van der Waals surface area (Å²) in [6.07, 6.45) is -2.18. The van der Waals surface area contributed by atoms with Crippen LogP contribution in [-0.2, 0) is 6.18 Å². The number of nitrogens with one attached hydrogen (secondary N) is 1. The minimum atomic E-state index is -4.28. The summed E-state index contributed by atoms with van der Waals surface area (Å²) in [6, 6.07) is 5.44. The molecule has 0 fully saturated rings. The Labute approximate surface area is 119 Å². The third kappa shape index (κ3) is 5.92. The average Bonchev–Trinajstić information content (AvgIpc) is 2.37. The summed E-state index contributed by atoms with van der Waals surface area (Å²) in [7, 11) is 4.05. The van der Waals surface area contributed by atoms with Gasteiger partial charge in [0.1, 0.15) is 0 Å². The second kappa shape index (κ2) is 7.64. The van der Waals surface area contributed by atoms with Crippen LogP contribution in [0.15, 0.2) is 24.3 Å². The van der Waals surface area contributed by atoms with Crippen molar-refractivity contribution in [2.45, 2.75) is 32.0 Å². The predicted molar refractivity (Wildman–Crippen MR) is 75.6 cm³/mol. The molecule has 0 aliphatic heterocycles. The fourth-order valence-electron chi connectivity index (χ4n) is 1.97. The van der Waals surface area contributed by atoms with Crippen LogP contribution in [0.3, 0.4) is 0 Å². The first-order valence-corrected chi connectivity index (χ1v) is 6.86. The molecule has 0 aromatic heterocycles. The Morgan fingerprint density at radius 2 is 1.90 bits per heavy atom. The SMILES string of the molecule is CC(NCCCCN(C)C)c1cccc(C(F)(F)F)c1. The first-order valence-electron chi connectivity index (χ1n) is 6.86. The van der Waals surface area contributed by atoms with Crippen molar-refractivity contribution in [3.05, 3.63) is 35.4 Å². The van der Waals surface area contributed by atoms with Crippen LogP contribution >= 0.6 is 0 Å². The predicted octanol–water partition coefficient (Wildman–Crippen LogP) is 3.70. The lowest BCUT2D eigenvalue weighted by Crippen LogP contribution is -2.21. The van der Waals surface area contributed by atoms with Gasteiger partial charge in [0.2, 0.25) is 0 Å². The minimum Gasteiger partial charge on any atom is -0.310 e. The maximum absolute atomic E-state index is 12.6. The van der Waals surface area contributed by atoms with E-state index in [1.807, 2.05) is 21.0 Å². The lowest BCUT2D eigenvalue weighted by atomic mass is 10.0. The zero-order chi connectivity index (χ0) is 15.2. The van der Waals surface area contributed by atoms with Crippen molar-refractivity contribution in [3.63, 3.8) is 0 Å². The largest absolute Gasteiger partial charge is 0.416 e. The normalized spacial score (nSPS) is 13.8. The van der Waals surface area contributed by atoms with Gasteiger partial charge in [-0.15, -0.1) is 0 Å². The molecule has 0 spiro atoms. The molecule has 1 atom stereocenters. The van der Waals surface area contributed by atoms with Crippen molar-refractivity contribution in [1.82, 2.24) is 10.2 Å². The van der Waals surface area contributed by atoms with E-state index in [4.69, 9.17) is 0 Å². The van der Waals surface area contributed by atoms with Crippen molar-refractivity contribution in [2.24, 2.45) is 0 Å². The van der Waals surface area contributed by atoms with Gasteiger partial charge >= 0.3 is 6.18 Å². The van der Waals surface area contributed by atoms with Gasteiger partial charge in [-0.05, 0) is 64.6 Å². The standard InChI is InChI=1S/C15H23F3N2/c1-12(19-9-4-5-10-20(2)3)13-7-6-8-14(11-13)15(16,17)18/h6-8,11-12,19H,4-5,9-10H2,1-3H3. The molecule has 0 bridgehead atoms.